The number of hydrogen-bond donors (Lipinski definition) is 1. The standard InChI is InChI=1S/C17H20N2O4S2/c1-3-9-24-17(18)19-22-14-10-13(2)11-15(12-14)23-25(20,21)16-7-5-4-6-8-16/h4-8,10-12H,3,9H2,1-2H3,(H2,18,19). The largest absolute Gasteiger partial charge is 0.379 e. The molecule has 0 saturated heterocycles. The molecule has 0 aliphatic carbocycles. The molecule has 2 aromatic carbocycles. The Morgan fingerprint density at radius 1 is 1.16 bits per heavy atom. The SMILES string of the molecule is CCCS/C(N)=N\Oc1cc(C)cc(OS(=O)(=O)c2ccccc2)c1. The van der Waals surface area contributed by atoms with Gasteiger partial charge >= 0.3 is 10.1 Å². The monoisotopic (exact) mass is 380 g/mol. The smallest absolute Gasteiger partial charge is 0.339 e. The maximum Gasteiger partial charge on any atom is 0.339 e. The van der Waals surface area contributed by atoms with E-state index >= 15 is 0 Å². The fourth-order valence-corrected chi connectivity index (χ4v) is 3.35. The first kappa shape index (κ1) is 19.1. The Kier molecular flexibility index (Phi) is 6.72. The van der Waals surface area contributed by atoms with E-state index in [0.717, 1.165) is 17.7 Å². The minimum Gasteiger partial charge on any atom is -0.379 e. The summed E-state index contributed by atoms with van der Waals surface area (Å²) < 4.78 is 29.8. The molecule has 2 aromatic rings. The molecule has 6 nitrogen and oxygen atoms in total. The molecule has 8 heteroatoms. The highest BCUT2D eigenvalue weighted by Crippen LogP contribution is 2.26. The molecular weight excluding hydrogens is 360 g/mol. The molecule has 0 aromatic heterocycles. The average Bonchev–Trinajstić information content (AvgIpc) is 2.58. The third-order valence-corrected chi connectivity index (χ3v) is 5.20. The second-order valence-corrected chi connectivity index (χ2v) is 7.86. The van der Waals surface area contributed by atoms with Crippen LogP contribution >= 0.6 is 11.8 Å². The van der Waals surface area contributed by atoms with E-state index in [2.05, 4.69) is 5.16 Å². The first-order valence-electron chi connectivity index (χ1n) is 7.65. The molecule has 0 radical (unpaired) electrons. The number of aryl methyl sites for hydroxylation is 1. The van der Waals surface area contributed by atoms with Crippen LogP contribution in [0.2, 0.25) is 0 Å². The Hall–Kier alpha value is -2.19. The maximum atomic E-state index is 12.3. The van der Waals surface area contributed by atoms with Crippen molar-refractivity contribution < 1.29 is 17.4 Å². The number of amidine groups is 1. The Morgan fingerprint density at radius 3 is 2.52 bits per heavy atom. The number of oxime groups is 1. The summed E-state index contributed by atoms with van der Waals surface area (Å²) in [5.41, 5.74) is 6.49. The van der Waals surface area contributed by atoms with E-state index in [4.69, 9.17) is 14.8 Å². The normalized spacial score (nSPS) is 12.0. The quantitative estimate of drug-likeness (QED) is 0.342. The lowest BCUT2D eigenvalue weighted by Crippen LogP contribution is -2.10. The Balaban J connectivity index is 2.16. The van der Waals surface area contributed by atoms with E-state index in [9.17, 15) is 8.42 Å². The Labute approximate surface area is 152 Å². The molecule has 0 atom stereocenters. The lowest BCUT2D eigenvalue weighted by Gasteiger charge is -2.09. The number of hydrogen-bond acceptors (Lipinski definition) is 6. The van der Waals surface area contributed by atoms with Crippen molar-refractivity contribution in [1.29, 1.82) is 0 Å². The van der Waals surface area contributed by atoms with Crippen LogP contribution in [-0.4, -0.2) is 19.3 Å². The molecule has 0 heterocycles. The van der Waals surface area contributed by atoms with Crippen LogP contribution < -0.4 is 14.8 Å². The van der Waals surface area contributed by atoms with Crippen LogP contribution in [0.5, 0.6) is 11.5 Å². The summed E-state index contributed by atoms with van der Waals surface area (Å²) >= 11 is 1.39. The van der Waals surface area contributed by atoms with Crippen LogP contribution in [0.4, 0.5) is 0 Å². The molecule has 0 unspecified atom stereocenters. The molecule has 0 amide bonds. The molecule has 0 bridgehead atoms. The van der Waals surface area contributed by atoms with Gasteiger partial charge in [0.25, 0.3) is 0 Å². The number of benzene rings is 2. The molecule has 2 rings (SSSR count). The van der Waals surface area contributed by atoms with Crippen molar-refractivity contribution in [2.75, 3.05) is 5.75 Å². The summed E-state index contributed by atoms with van der Waals surface area (Å²) in [4.78, 5) is 5.35. The van der Waals surface area contributed by atoms with Crippen molar-refractivity contribution in [1.82, 2.24) is 0 Å². The van der Waals surface area contributed by atoms with Crippen molar-refractivity contribution in [3.8, 4) is 11.5 Å². The van der Waals surface area contributed by atoms with E-state index < -0.39 is 10.1 Å². The second-order valence-electron chi connectivity index (χ2n) is 5.20. The van der Waals surface area contributed by atoms with E-state index in [-0.39, 0.29) is 10.6 Å². The predicted molar refractivity (Wildman–Crippen MR) is 100 cm³/mol. The van der Waals surface area contributed by atoms with Crippen molar-refractivity contribution in [2.24, 2.45) is 10.9 Å². The third kappa shape index (κ3) is 5.99. The van der Waals surface area contributed by atoms with E-state index in [1.54, 1.807) is 37.3 Å². The van der Waals surface area contributed by atoms with Crippen LogP contribution in [0.15, 0.2) is 58.6 Å². The molecule has 0 saturated carbocycles. The van der Waals surface area contributed by atoms with Crippen molar-refractivity contribution in [3.63, 3.8) is 0 Å². The van der Waals surface area contributed by atoms with Gasteiger partial charge < -0.3 is 14.8 Å². The van der Waals surface area contributed by atoms with Gasteiger partial charge in [0, 0.05) is 11.8 Å². The fraction of sp³-hybridized carbons (Fsp3) is 0.235. The average molecular weight is 380 g/mol. The molecule has 0 fully saturated rings. The van der Waals surface area contributed by atoms with E-state index in [1.807, 2.05) is 6.92 Å². The molecular formula is C17H20N2O4S2. The summed E-state index contributed by atoms with van der Waals surface area (Å²) in [5, 5.41) is 4.13. The molecule has 0 aliphatic heterocycles. The van der Waals surface area contributed by atoms with Crippen LogP contribution in [0, 0.1) is 6.92 Å². The van der Waals surface area contributed by atoms with Crippen molar-refractivity contribution in [3.05, 3.63) is 54.1 Å². The Bertz CT molecular complexity index is 837. The van der Waals surface area contributed by atoms with Crippen LogP contribution in [0.3, 0.4) is 0 Å². The summed E-state index contributed by atoms with van der Waals surface area (Å²) in [6.07, 6.45) is 0.973. The molecule has 25 heavy (non-hydrogen) atoms. The molecule has 134 valence electrons. The highest BCUT2D eigenvalue weighted by atomic mass is 32.2. The van der Waals surface area contributed by atoms with Gasteiger partial charge in [-0.25, -0.2) is 0 Å². The van der Waals surface area contributed by atoms with Crippen LogP contribution in [0.1, 0.15) is 18.9 Å². The first-order chi connectivity index (χ1) is 11.9. The predicted octanol–water partition coefficient (Wildman–Crippen LogP) is 3.51. The van der Waals surface area contributed by atoms with Gasteiger partial charge in [0.2, 0.25) is 0 Å². The number of nitrogens with zero attached hydrogens (tertiary/aromatic N) is 1. The number of rotatable bonds is 7. The highest BCUT2D eigenvalue weighted by Gasteiger charge is 2.16. The van der Waals surface area contributed by atoms with Crippen molar-refractivity contribution in [2.45, 2.75) is 25.2 Å². The van der Waals surface area contributed by atoms with Gasteiger partial charge in [-0.3, -0.25) is 0 Å². The van der Waals surface area contributed by atoms with Crippen LogP contribution in [-0.2, 0) is 10.1 Å². The van der Waals surface area contributed by atoms with E-state index in [1.165, 1.54) is 30.0 Å². The zero-order valence-electron chi connectivity index (χ0n) is 14.0. The van der Waals surface area contributed by atoms with Gasteiger partial charge in [-0.1, -0.05) is 42.0 Å². The Morgan fingerprint density at radius 2 is 1.84 bits per heavy atom. The minimum atomic E-state index is -3.91. The van der Waals surface area contributed by atoms with Gasteiger partial charge in [-0.05, 0) is 43.2 Å². The van der Waals surface area contributed by atoms with E-state index in [0.29, 0.717) is 10.9 Å². The van der Waals surface area contributed by atoms with Gasteiger partial charge in [0.1, 0.15) is 10.6 Å². The fourth-order valence-electron chi connectivity index (χ4n) is 1.91. The molecule has 0 aliphatic rings. The molecule has 2 N–H and O–H groups in total. The first-order valence-corrected chi connectivity index (χ1v) is 10.0. The number of thioether (sulfide) groups is 1. The van der Waals surface area contributed by atoms with Crippen LogP contribution in [0.25, 0.3) is 0 Å². The zero-order chi connectivity index (χ0) is 18.3. The van der Waals surface area contributed by atoms with Crippen molar-refractivity contribution >= 4 is 27.0 Å². The number of nitrogens with two attached hydrogens (primary N) is 1. The maximum absolute atomic E-state index is 12.3. The molecule has 0 spiro atoms. The highest BCUT2D eigenvalue weighted by molar-refractivity contribution is 8.13. The van der Waals surface area contributed by atoms with Gasteiger partial charge in [-0.2, -0.15) is 8.42 Å². The lowest BCUT2D eigenvalue weighted by atomic mass is 10.2. The summed E-state index contributed by atoms with van der Waals surface area (Å²) in [5.74, 6) is 1.34. The third-order valence-electron chi connectivity index (χ3n) is 2.96. The van der Waals surface area contributed by atoms with Gasteiger partial charge in [-0.15, -0.1) is 0 Å². The summed E-state index contributed by atoms with van der Waals surface area (Å²) in [6.45, 7) is 3.84. The van der Waals surface area contributed by atoms with Gasteiger partial charge in [0.15, 0.2) is 10.9 Å². The summed E-state index contributed by atoms with van der Waals surface area (Å²) in [7, 11) is -3.91. The lowest BCUT2D eigenvalue weighted by molar-refractivity contribution is 0.340. The topological polar surface area (TPSA) is 91.0 Å². The summed E-state index contributed by atoms with van der Waals surface area (Å²) in [6, 6.07) is 12.7. The minimum absolute atomic E-state index is 0.0807. The second kappa shape index (κ2) is 8.77. The zero-order valence-corrected chi connectivity index (χ0v) is 15.6. The van der Waals surface area contributed by atoms with Gasteiger partial charge in [0.05, 0.1) is 0 Å².